The quantitative estimate of drug-likeness (QED) is 0.201. The standard InChI is InChI=1S/C30H23BrN2O6S2/c1-2-38-29(36)17-8-11-19(12-9-17)33-27(34)23-22(24-26(32-30(37)41-24)40-25(23)28(33)35)20-14-18(31)10-13-21(20)39-15-16-6-4-3-5-7-16/h3-14,22-23,25H,2,15H2,1H3,(H,32,37). The number of amides is 2. The maximum Gasteiger partial charge on any atom is 0.338 e. The van der Waals surface area contributed by atoms with Gasteiger partial charge in [-0.05, 0) is 55.0 Å². The lowest BCUT2D eigenvalue weighted by Gasteiger charge is -2.31. The summed E-state index contributed by atoms with van der Waals surface area (Å²) in [5, 5.41) is -0.170. The van der Waals surface area contributed by atoms with Crippen molar-refractivity contribution in [2.75, 3.05) is 11.5 Å². The first-order chi connectivity index (χ1) is 19.9. The summed E-state index contributed by atoms with van der Waals surface area (Å²) in [5.41, 5.74) is 2.39. The minimum atomic E-state index is -0.774. The van der Waals surface area contributed by atoms with E-state index in [4.69, 9.17) is 9.47 Å². The summed E-state index contributed by atoms with van der Waals surface area (Å²) in [6.07, 6.45) is 0. The number of hydrogen-bond donors (Lipinski definition) is 1. The maximum atomic E-state index is 14.1. The number of ether oxygens (including phenoxy) is 2. The van der Waals surface area contributed by atoms with E-state index in [1.807, 2.05) is 48.5 Å². The number of hydrogen-bond acceptors (Lipinski definition) is 8. The molecular formula is C30H23BrN2O6S2. The number of thioether (sulfide) groups is 1. The minimum Gasteiger partial charge on any atom is -0.489 e. The lowest BCUT2D eigenvalue weighted by atomic mass is 9.82. The molecule has 2 amide bonds. The molecular weight excluding hydrogens is 628 g/mol. The van der Waals surface area contributed by atoms with E-state index in [0.717, 1.165) is 21.4 Å². The first-order valence-electron chi connectivity index (χ1n) is 12.9. The van der Waals surface area contributed by atoms with Crippen molar-refractivity contribution in [1.82, 2.24) is 4.98 Å². The number of nitrogens with zero attached hydrogens (tertiary/aromatic N) is 1. The Hall–Kier alpha value is -3.67. The van der Waals surface area contributed by atoms with Crippen LogP contribution in [-0.4, -0.2) is 34.6 Å². The normalized spacial score (nSPS) is 19.6. The molecule has 0 spiro atoms. The summed E-state index contributed by atoms with van der Waals surface area (Å²) in [5.74, 6) is -2.03. The van der Waals surface area contributed by atoms with Gasteiger partial charge in [-0.2, -0.15) is 0 Å². The molecule has 3 aromatic carbocycles. The third-order valence-electron chi connectivity index (χ3n) is 7.00. The van der Waals surface area contributed by atoms with E-state index < -0.39 is 23.1 Å². The molecule has 6 rings (SSSR count). The van der Waals surface area contributed by atoms with Crippen LogP contribution in [0.15, 0.2) is 87.1 Å². The number of rotatable bonds is 7. The molecule has 1 aromatic heterocycles. The van der Waals surface area contributed by atoms with Crippen LogP contribution in [0.25, 0.3) is 0 Å². The van der Waals surface area contributed by atoms with Crippen molar-refractivity contribution in [2.24, 2.45) is 5.92 Å². The molecule has 0 aliphatic carbocycles. The van der Waals surface area contributed by atoms with Crippen LogP contribution in [0.1, 0.15) is 39.2 Å². The number of fused-ring (bicyclic) bond motifs is 2. The first kappa shape index (κ1) is 27.5. The number of carbonyl (C=O) groups excluding carboxylic acids is 3. The van der Waals surface area contributed by atoms with Crippen molar-refractivity contribution in [3.63, 3.8) is 0 Å². The maximum absolute atomic E-state index is 14.1. The zero-order chi connectivity index (χ0) is 28.7. The number of thiazole rings is 1. The Bertz CT molecular complexity index is 1700. The van der Waals surface area contributed by atoms with Gasteiger partial charge in [-0.1, -0.05) is 69.4 Å². The molecule has 208 valence electrons. The molecule has 4 aromatic rings. The van der Waals surface area contributed by atoms with Gasteiger partial charge in [0.25, 0.3) is 0 Å². The molecule has 0 saturated carbocycles. The molecule has 0 bridgehead atoms. The molecule has 2 aliphatic heterocycles. The van der Waals surface area contributed by atoms with Crippen molar-refractivity contribution in [3.8, 4) is 5.75 Å². The zero-order valence-corrected chi connectivity index (χ0v) is 24.9. The van der Waals surface area contributed by atoms with Gasteiger partial charge >= 0.3 is 10.8 Å². The monoisotopic (exact) mass is 650 g/mol. The van der Waals surface area contributed by atoms with Crippen molar-refractivity contribution in [3.05, 3.63) is 109 Å². The average Bonchev–Trinajstić information content (AvgIpc) is 3.47. The molecule has 11 heteroatoms. The Morgan fingerprint density at radius 3 is 2.49 bits per heavy atom. The SMILES string of the molecule is CCOC(=O)c1ccc(N2C(=O)C3Sc4[nH]c(=O)sc4C(c4cc(Br)ccc4OCc4ccccc4)C3C2=O)cc1. The van der Waals surface area contributed by atoms with Gasteiger partial charge in [0.1, 0.15) is 17.6 Å². The summed E-state index contributed by atoms with van der Waals surface area (Å²) in [6, 6.07) is 21.5. The van der Waals surface area contributed by atoms with Crippen molar-refractivity contribution >= 4 is 62.5 Å². The van der Waals surface area contributed by atoms with Crippen LogP contribution in [0.3, 0.4) is 0 Å². The van der Waals surface area contributed by atoms with Crippen molar-refractivity contribution in [1.29, 1.82) is 0 Å². The number of nitrogens with one attached hydrogen (secondary N) is 1. The van der Waals surface area contributed by atoms with Crippen LogP contribution in [-0.2, 0) is 20.9 Å². The molecule has 41 heavy (non-hydrogen) atoms. The highest BCUT2D eigenvalue weighted by atomic mass is 79.9. The van der Waals surface area contributed by atoms with Crippen LogP contribution in [0.4, 0.5) is 5.69 Å². The summed E-state index contributed by atoms with van der Waals surface area (Å²) in [7, 11) is 0. The fourth-order valence-electron chi connectivity index (χ4n) is 5.20. The highest BCUT2D eigenvalue weighted by Crippen LogP contribution is 2.54. The second kappa shape index (κ2) is 11.3. The topological polar surface area (TPSA) is 106 Å². The number of carbonyl (C=O) groups is 3. The Balaban J connectivity index is 1.40. The van der Waals surface area contributed by atoms with Gasteiger partial charge in [0, 0.05) is 20.8 Å². The van der Waals surface area contributed by atoms with Gasteiger partial charge in [-0.25, -0.2) is 9.69 Å². The van der Waals surface area contributed by atoms with Gasteiger partial charge in [0.15, 0.2) is 0 Å². The van der Waals surface area contributed by atoms with E-state index >= 15 is 0 Å². The number of imide groups is 1. The summed E-state index contributed by atoms with van der Waals surface area (Å²) in [6.45, 7) is 2.27. The second-order valence-corrected chi connectivity index (χ2v) is 12.6. The molecule has 1 N–H and O–H groups in total. The molecule has 3 heterocycles. The average molecular weight is 652 g/mol. The molecule has 0 radical (unpaired) electrons. The summed E-state index contributed by atoms with van der Waals surface area (Å²) >= 11 is 5.81. The van der Waals surface area contributed by atoms with E-state index in [-0.39, 0.29) is 23.3 Å². The van der Waals surface area contributed by atoms with E-state index in [1.54, 1.807) is 31.2 Å². The molecule has 2 aliphatic rings. The lowest BCUT2D eigenvalue weighted by molar-refractivity contribution is -0.122. The Morgan fingerprint density at radius 1 is 1.00 bits per heavy atom. The number of anilines is 1. The Labute approximate surface area is 251 Å². The number of aromatic amines is 1. The second-order valence-electron chi connectivity index (χ2n) is 9.49. The molecule has 3 unspecified atom stereocenters. The van der Waals surface area contributed by atoms with E-state index in [2.05, 4.69) is 20.9 Å². The number of esters is 1. The third kappa shape index (κ3) is 5.13. The summed E-state index contributed by atoms with van der Waals surface area (Å²) < 4.78 is 12.1. The van der Waals surface area contributed by atoms with E-state index in [1.165, 1.54) is 16.7 Å². The van der Waals surface area contributed by atoms with Crippen LogP contribution in [0, 0.1) is 5.92 Å². The number of halogens is 1. The highest BCUT2D eigenvalue weighted by Gasteiger charge is 2.56. The fourth-order valence-corrected chi connectivity index (χ4v) is 8.08. The van der Waals surface area contributed by atoms with E-state index in [0.29, 0.717) is 39.1 Å². The van der Waals surface area contributed by atoms with Gasteiger partial charge in [-0.15, -0.1) is 0 Å². The Kier molecular flexibility index (Phi) is 7.58. The van der Waals surface area contributed by atoms with Crippen LogP contribution in [0.5, 0.6) is 5.75 Å². The lowest BCUT2D eigenvalue weighted by Crippen LogP contribution is -2.32. The fraction of sp³-hybridized carbons (Fsp3) is 0.200. The Morgan fingerprint density at radius 2 is 1.76 bits per heavy atom. The predicted octanol–water partition coefficient (Wildman–Crippen LogP) is 5.75. The number of H-pyrrole nitrogens is 1. The van der Waals surface area contributed by atoms with Crippen LogP contribution in [0.2, 0.25) is 0 Å². The summed E-state index contributed by atoms with van der Waals surface area (Å²) in [4.78, 5) is 57.0. The van der Waals surface area contributed by atoms with Crippen molar-refractivity contribution in [2.45, 2.75) is 29.7 Å². The smallest absolute Gasteiger partial charge is 0.338 e. The molecule has 1 saturated heterocycles. The first-order valence-corrected chi connectivity index (χ1v) is 15.4. The largest absolute Gasteiger partial charge is 0.489 e. The van der Waals surface area contributed by atoms with Gasteiger partial charge in [0.05, 0.1) is 28.8 Å². The van der Waals surface area contributed by atoms with Crippen LogP contribution < -0.4 is 14.5 Å². The number of benzene rings is 3. The predicted molar refractivity (Wildman–Crippen MR) is 160 cm³/mol. The van der Waals surface area contributed by atoms with Gasteiger partial charge < -0.3 is 14.5 Å². The third-order valence-corrected chi connectivity index (χ3v) is 9.90. The van der Waals surface area contributed by atoms with Gasteiger partial charge in [0.2, 0.25) is 11.8 Å². The van der Waals surface area contributed by atoms with E-state index in [9.17, 15) is 19.2 Å². The minimum absolute atomic E-state index is 0.241. The van der Waals surface area contributed by atoms with Gasteiger partial charge in [-0.3, -0.25) is 14.4 Å². The van der Waals surface area contributed by atoms with Crippen molar-refractivity contribution < 1.29 is 23.9 Å². The molecule has 1 fully saturated rings. The zero-order valence-electron chi connectivity index (χ0n) is 21.7. The van der Waals surface area contributed by atoms with Crippen LogP contribution >= 0.6 is 39.0 Å². The molecule has 8 nitrogen and oxygen atoms in total. The number of aromatic nitrogens is 1. The highest BCUT2D eigenvalue weighted by molar-refractivity contribution is 9.10. The molecule has 3 atom stereocenters.